The van der Waals surface area contributed by atoms with E-state index in [1.54, 1.807) is 6.20 Å². The van der Waals surface area contributed by atoms with Crippen LogP contribution in [0.4, 0.5) is 5.69 Å². The minimum absolute atomic E-state index is 0.542. The molecule has 0 aromatic carbocycles. The van der Waals surface area contributed by atoms with Crippen LogP contribution in [0.3, 0.4) is 0 Å². The van der Waals surface area contributed by atoms with Crippen LogP contribution in [0.15, 0.2) is 18.3 Å². The smallest absolute Gasteiger partial charge is 0.129 e. The molecule has 4 heteroatoms. The maximum Gasteiger partial charge on any atom is 0.129 e. The van der Waals surface area contributed by atoms with Crippen molar-refractivity contribution in [3.05, 3.63) is 23.5 Å². The summed E-state index contributed by atoms with van der Waals surface area (Å²) in [5.41, 5.74) is 1.06. The Labute approximate surface area is 88.9 Å². The van der Waals surface area contributed by atoms with Gasteiger partial charge >= 0.3 is 0 Å². The Morgan fingerprint density at radius 1 is 1.36 bits per heavy atom. The number of piperidine rings is 1. The largest absolute Gasteiger partial charge is 0.381 e. The molecule has 1 aliphatic heterocycles. The van der Waals surface area contributed by atoms with E-state index in [1.165, 1.54) is 12.8 Å². The van der Waals surface area contributed by atoms with Gasteiger partial charge in [0.2, 0.25) is 0 Å². The molecule has 1 aliphatic rings. The third kappa shape index (κ3) is 2.59. The summed E-state index contributed by atoms with van der Waals surface area (Å²) in [4.78, 5) is 4.03. The van der Waals surface area contributed by atoms with Crippen molar-refractivity contribution in [2.24, 2.45) is 0 Å². The number of nitrogens with one attached hydrogen (secondary N) is 2. The topological polar surface area (TPSA) is 37.0 Å². The molecular formula is C10H14ClN3. The van der Waals surface area contributed by atoms with Crippen molar-refractivity contribution in [1.82, 2.24) is 10.3 Å². The molecule has 3 nitrogen and oxygen atoms in total. The van der Waals surface area contributed by atoms with Crippen molar-refractivity contribution >= 4 is 17.3 Å². The zero-order chi connectivity index (χ0) is 9.80. The van der Waals surface area contributed by atoms with Gasteiger partial charge in [-0.25, -0.2) is 4.98 Å². The SMILES string of the molecule is Clc1ccc(NC2CCNCC2)cn1. The second-order valence-corrected chi connectivity index (χ2v) is 3.93. The van der Waals surface area contributed by atoms with E-state index >= 15 is 0 Å². The number of anilines is 1. The Balaban J connectivity index is 1.92. The molecule has 0 bridgehead atoms. The summed E-state index contributed by atoms with van der Waals surface area (Å²) in [7, 11) is 0. The average molecular weight is 212 g/mol. The second-order valence-electron chi connectivity index (χ2n) is 3.54. The van der Waals surface area contributed by atoms with Crippen molar-refractivity contribution in [3.8, 4) is 0 Å². The van der Waals surface area contributed by atoms with Gasteiger partial charge in [-0.2, -0.15) is 0 Å². The van der Waals surface area contributed by atoms with Crippen molar-refractivity contribution in [2.75, 3.05) is 18.4 Å². The Kier molecular flexibility index (Phi) is 3.22. The quantitative estimate of drug-likeness (QED) is 0.734. The van der Waals surface area contributed by atoms with Crippen molar-refractivity contribution in [2.45, 2.75) is 18.9 Å². The summed E-state index contributed by atoms with van der Waals surface area (Å²) >= 11 is 5.71. The fraction of sp³-hybridized carbons (Fsp3) is 0.500. The van der Waals surface area contributed by atoms with Crippen LogP contribution >= 0.6 is 11.6 Å². The van der Waals surface area contributed by atoms with Crippen LogP contribution in [0.25, 0.3) is 0 Å². The summed E-state index contributed by atoms with van der Waals surface area (Å²) in [5, 5.41) is 7.32. The number of aromatic nitrogens is 1. The van der Waals surface area contributed by atoms with E-state index in [-0.39, 0.29) is 0 Å². The maximum atomic E-state index is 5.71. The van der Waals surface area contributed by atoms with Crippen molar-refractivity contribution in [3.63, 3.8) is 0 Å². The summed E-state index contributed by atoms with van der Waals surface area (Å²) < 4.78 is 0. The molecule has 2 rings (SSSR count). The second kappa shape index (κ2) is 4.62. The molecule has 14 heavy (non-hydrogen) atoms. The first kappa shape index (κ1) is 9.74. The van der Waals surface area contributed by atoms with Gasteiger partial charge in [-0.3, -0.25) is 0 Å². The molecule has 76 valence electrons. The van der Waals surface area contributed by atoms with Gasteiger partial charge in [0.1, 0.15) is 5.15 Å². The van der Waals surface area contributed by atoms with Gasteiger partial charge in [-0.1, -0.05) is 11.6 Å². The van der Waals surface area contributed by atoms with Crippen LogP contribution in [0.1, 0.15) is 12.8 Å². The molecule has 0 saturated carbocycles. The summed E-state index contributed by atoms with van der Waals surface area (Å²) in [6.07, 6.45) is 4.12. The van der Waals surface area contributed by atoms with Crippen molar-refractivity contribution in [1.29, 1.82) is 0 Å². The lowest BCUT2D eigenvalue weighted by Crippen LogP contribution is -2.35. The molecule has 1 aromatic heterocycles. The van der Waals surface area contributed by atoms with E-state index in [9.17, 15) is 0 Å². The highest BCUT2D eigenvalue weighted by Gasteiger charge is 2.11. The maximum absolute atomic E-state index is 5.71. The van der Waals surface area contributed by atoms with E-state index in [2.05, 4.69) is 15.6 Å². The van der Waals surface area contributed by atoms with Gasteiger partial charge < -0.3 is 10.6 Å². The number of pyridine rings is 1. The van der Waals surface area contributed by atoms with Gasteiger partial charge in [-0.15, -0.1) is 0 Å². The van der Waals surface area contributed by atoms with E-state index in [0.29, 0.717) is 11.2 Å². The number of halogens is 1. The van der Waals surface area contributed by atoms with Gasteiger partial charge in [0, 0.05) is 6.04 Å². The first-order valence-corrected chi connectivity index (χ1v) is 5.31. The third-order valence-corrected chi connectivity index (χ3v) is 2.66. The van der Waals surface area contributed by atoms with Crippen LogP contribution in [-0.2, 0) is 0 Å². The van der Waals surface area contributed by atoms with Crippen LogP contribution in [0.5, 0.6) is 0 Å². The minimum Gasteiger partial charge on any atom is -0.381 e. The third-order valence-electron chi connectivity index (χ3n) is 2.44. The molecule has 1 saturated heterocycles. The zero-order valence-corrected chi connectivity index (χ0v) is 8.72. The molecule has 0 aliphatic carbocycles. The fourth-order valence-electron chi connectivity index (χ4n) is 1.66. The summed E-state index contributed by atoms with van der Waals surface area (Å²) in [6.45, 7) is 2.19. The van der Waals surface area contributed by atoms with E-state index < -0.39 is 0 Å². The Bertz CT molecular complexity index is 280. The lowest BCUT2D eigenvalue weighted by atomic mass is 10.1. The standard InChI is InChI=1S/C10H14ClN3/c11-10-2-1-9(7-13-10)14-8-3-5-12-6-4-8/h1-2,7-8,12,14H,3-6H2. The predicted molar refractivity (Wildman–Crippen MR) is 58.8 cm³/mol. The molecule has 0 radical (unpaired) electrons. The summed E-state index contributed by atoms with van der Waals surface area (Å²) in [5.74, 6) is 0. The lowest BCUT2D eigenvalue weighted by Gasteiger charge is -2.24. The van der Waals surface area contributed by atoms with Crippen LogP contribution in [0, 0.1) is 0 Å². The van der Waals surface area contributed by atoms with E-state index in [0.717, 1.165) is 18.8 Å². The average Bonchev–Trinajstić information content (AvgIpc) is 2.23. The molecule has 0 amide bonds. The van der Waals surface area contributed by atoms with Gasteiger partial charge in [0.25, 0.3) is 0 Å². The predicted octanol–water partition coefficient (Wildman–Crippen LogP) is 1.90. The molecule has 0 spiro atoms. The number of hydrogen-bond donors (Lipinski definition) is 2. The highest BCUT2D eigenvalue weighted by atomic mass is 35.5. The Morgan fingerprint density at radius 3 is 2.79 bits per heavy atom. The zero-order valence-electron chi connectivity index (χ0n) is 7.96. The van der Waals surface area contributed by atoms with Gasteiger partial charge in [-0.05, 0) is 38.1 Å². The Morgan fingerprint density at radius 2 is 2.14 bits per heavy atom. The normalized spacial score (nSPS) is 18.1. The molecule has 1 aromatic rings. The Hall–Kier alpha value is -0.800. The lowest BCUT2D eigenvalue weighted by molar-refractivity contribution is 0.479. The highest BCUT2D eigenvalue weighted by molar-refractivity contribution is 6.29. The van der Waals surface area contributed by atoms with Crippen LogP contribution in [0.2, 0.25) is 5.15 Å². The van der Waals surface area contributed by atoms with E-state index in [4.69, 9.17) is 11.6 Å². The molecule has 2 heterocycles. The minimum atomic E-state index is 0.542. The fourth-order valence-corrected chi connectivity index (χ4v) is 1.77. The van der Waals surface area contributed by atoms with Crippen LogP contribution < -0.4 is 10.6 Å². The van der Waals surface area contributed by atoms with Gasteiger partial charge in [0.05, 0.1) is 11.9 Å². The van der Waals surface area contributed by atoms with Gasteiger partial charge in [0.15, 0.2) is 0 Å². The first-order chi connectivity index (χ1) is 6.84. The molecule has 1 fully saturated rings. The number of hydrogen-bond acceptors (Lipinski definition) is 3. The van der Waals surface area contributed by atoms with E-state index in [1.807, 2.05) is 12.1 Å². The number of rotatable bonds is 2. The highest BCUT2D eigenvalue weighted by Crippen LogP contribution is 2.14. The summed E-state index contributed by atoms with van der Waals surface area (Å²) in [6, 6.07) is 4.35. The molecule has 0 unspecified atom stereocenters. The molecule has 2 N–H and O–H groups in total. The van der Waals surface area contributed by atoms with Crippen molar-refractivity contribution < 1.29 is 0 Å². The number of nitrogens with zero attached hydrogens (tertiary/aromatic N) is 1. The first-order valence-electron chi connectivity index (χ1n) is 4.93. The van der Waals surface area contributed by atoms with Crippen LogP contribution in [-0.4, -0.2) is 24.1 Å². The molecule has 0 atom stereocenters. The molecular weight excluding hydrogens is 198 g/mol. The monoisotopic (exact) mass is 211 g/mol.